The normalized spacial score (nSPS) is 18.7. The number of hydrogen-bond donors (Lipinski definition) is 1. The topological polar surface area (TPSA) is 97.6 Å². The van der Waals surface area contributed by atoms with Gasteiger partial charge in [0.15, 0.2) is 0 Å². The molecular formula is C21H17F3N4O4. The predicted octanol–water partition coefficient (Wildman–Crippen LogP) is 3.73. The maximum atomic E-state index is 13.0. The molecule has 0 aliphatic carbocycles. The smallest absolute Gasteiger partial charge is 0.416 e. The Balaban J connectivity index is 1.55. The number of urea groups is 1. The van der Waals surface area contributed by atoms with E-state index in [2.05, 4.69) is 15.5 Å². The van der Waals surface area contributed by atoms with Crippen LogP contribution in [0, 0.1) is 0 Å². The highest BCUT2D eigenvalue weighted by atomic mass is 19.4. The standard InChI is InChI=1S/C21H17F3N4O4/c1-20(13-6-8-15(31-2)9-7-13)18(29)28(19(30)26-20)11-16-25-17(27-32-16)12-4-3-5-14(10-12)21(22,23)24/h3-10H,11H2,1-2H3,(H,26,30). The minimum atomic E-state index is -4.52. The Morgan fingerprint density at radius 3 is 2.53 bits per heavy atom. The quantitative estimate of drug-likeness (QED) is 0.600. The van der Waals surface area contributed by atoms with Gasteiger partial charge in [-0.3, -0.25) is 9.69 Å². The molecule has 1 fully saturated rings. The van der Waals surface area contributed by atoms with Crippen LogP contribution in [0.15, 0.2) is 53.1 Å². The third-order valence-corrected chi connectivity index (χ3v) is 5.15. The van der Waals surface area contributed by atoms with Gasteiger partial charge >= 0.3 is 12.2 Å². The van der Waals surface area contributed by atoms with E-state index in [4.69, 9.17) is 9.26 Å². The van der Waals surface area contributed by atoms with E-state index < -0.39 is 29.2 Å². The largest absolute Gasteiger partial charge is 0.497 e. The highest BCUT2D eigenvalue weighted by Gasteiger charge is 2.49. The van der Waals surface area contributed by atoms with Crippen molar-refractivity contribution in [1.82, 2.24) is 20.4 Å². The molecule has 8 nitrogen and oxygen atoms in total. The maximum Gasteiger partial charge on any atom is 0.416 e. The van der Waals surface area contributed by atoms with Crippen molar-refractivity contribution in [3.05, 3.63) is 65.5 Å². The van der Waals surface area contributed by atoms with Crippen molar-refractivity contribution in [2.45, 2.75) is 25.2 Å². The van der Waals surface area contributed by atoms with Gasteiger partial charge in [0.1, 0.15) is 17.8 Å². The Bertz CT molecular complexity index is 1180. The van der Waals surface area contributed by atoms with E-state index in [1.165, 1.54) is 19.2 Å². The lowest BCUT2D eigenvalue weighted by Crippen LogP contribution is -2.40. The fourth-order valence-electron chi connectivity index (χ4n) is 3.37. The van der Waals surface area contributed by atoms with Gasteiger partial charge in [0.2, 0.25) is 11.7 Å². The number of methoxy groups -OCH3 is 1. The maximum absolute atomic E-state index is 13.0. The number of imide groups is 1. The van der Waals surface area contributed by atoms with Gasteiger partial charge in [-0.25, -0.2) is 4.79 Å². The molecule has 0 radical (unpaired) electrons. The molecular weight excluding hydrogens is 429 g/mol. The van der Waals surface area contributed by atoms with Crippen LogP contribution in [0.2, 0.25) is 0 Å². The zero-order valence-corrected chi connectivity index (χ0v) is 16.9. The summed E-state index contributed by atoms with van der Waals surface area (Å²) in [5.74, 6) is -0.124. The lowest BCUT2D eigenvalue weighted by molar-refractivity contribution is -0.137. The molecule has 1 N–H and O–H groups in total. The molecule has 32 heavy (non-hydrogen) atoms. The predicted molar refractivity (Wildman–Crippen MR) is 104 cm³/mol. The number of hydrogen-bond acceptors (Lipinski definition) is 6. The molecule has 166 valence electrons. The summed E-state index contributed by atoms with van der Waals surface area (Å²) in [5.41, 5.74) is -1.53. The molecule has 1 aliphatic rings. The molecule has 1 aromatic heterocycles. The van der Waals surface area contributed by atoms with Crippen molar-refractivity contribution in [2.24, 2.45) is 0 Å². The molecule has 1 atom stereocenters. The third kappa shape index (κ3) is 3.77. The lowest BCUT2D eigenvalue weighted by Gasteiger charge is -2.22. The molecule has 2 heterocycles. The minimum Gasteiger partial charge on any atom is -0.497 e. The number of aromatic nitrogens is 2. The Labute approximate surface area is 180 Å². The zero-order valence-electron chi connectivity index (χ0n) is 16.9. The van der Waals surface area contributed by atoms with E-state index in [-0.39, 0.29) is 23.8 Å². The minimum absolute atomic E-state index is 0.0870. The Morgan fingerprint density at radius 2 is 1.88 bits per heavy atom. The number of carbonyl (C=O) groups excluding carboxylic acids is 2. The first-order valence-corrected chi connectivity index (χ1v) is 9.40. The van der Waals surface area contributed by atoms with Crippen LogP contribution in [0.25, 0.3) is 11.4 Å². The second-order valence-electron chi connectivity index (χ2n) is 7.27. The monoisotopic (exact) mass is 446 g/mol. The first-order valence-electron chi connectivity index (χ1n) is 9.40. The Morgan fingerprint density at radius 1 is 1.16 bits per heavy atom. The number of ether oxygens (including phenoxy) is 1. The lowest BCUT2D eigenvalue weighted by atomic mass is 9.92. The van der Waals surface area contributed by atoms with E-state index in [1.54, 1.807) is 31.2 Å². The first-order chi connectivity index (χ1) is 15.1. The summed E-state index contributed by atoms with van der Waals surface area (Å²) in [6.45, 7) is 1.24. The number of amides is 3. The second-order valence-corrected chi connectivity index (χ2v) is 7.27. The highest BCUT2D eigenvalue weighted by molar-refractivity contribution is 6.07. The molecule has 0 saturated carbocycles. The fourth-order valence-corrected chi connectivity index (χ4v) is 3.37. The third-order valence-electron chi connectivity index (χ3n) is 5.15. The molecule has 2 aromatic carbocycles. The molecule has 3 aromatic rings. The van der Waals surface area contributed by atoms with Gasteiger partial charge in [-0.2, -0.15) is 18.2 Å². The molecule has 0 spiro atoms. The van der Waals surface area contributed by atoms with E-state index in [1.807, 2.05) is 0 Å². The summed E-state index contributed by atoms with van der Waals surface area (Å²) in [4.78, 5) is 30.5. The SMILES string of the molecule is COc1ccc(C2(C)NC(=O)N(Cc3nc(-c4cccc(C(F)(F)F)c4)no3)C2=O)cc1. The second kappa shape index (κ2) is 7.66. The number of benzene rings is 2. The summed E-state index contributed by atoms with van der Waals surface area (Å²) >= 11 is 0. The van der Waals surface area contributed by atoms with E-state index >= 15 is 0 Å². The van der Waals surface area contributed by atoms with Crippen LogP contribution in [0.5, 0.6) is 5.75 Å². The van der Waals surface area contributed by atoms with E-state index in [0.717, 1.165) is 17.0 Å². The van der Waals surface area contributed by atoms with Gasteiger partial charge in [0, 0.05) is 5.56 Å². The number of alkyl halides is 3. The first kappa shape index (κ1) is 21.3. The van der Waals surface area contributed by atoms with Crippen molar-refractivity contribution in [3.8, 4) is 17.1 Å². The molecule has 4 rings (SSSR count). The van der Waals surface area contributed by atoms with Crippen LogP contribution < -0.4 is 10.1 Å². The van der Waals surface area contributed by atoms with E-state index in [9.17, 15) is 22.8 Å². The fraction of sp³-hybridized carbons (Fsp3) is 0.238. The van der Waals surface area contributed by atoms with Crippen molar-refractivity contribution >= 4 is 11.9 Å². The number of carbonyl (C=O) groups is 2. The Hall–Kier alpha value is -3.89. The van der Waals surface area contributed by atoms with Crippen LogP contribution in [0.1, 0.15) is 23.9 Å². The highest BCUT2D eigenvalue weighted by Crippen LogP contribution is 2.33. The van der Waals surface area contributed by atoms with Crippen molar-refractivity contribution < 1.29 is 32.0 Å². The number of nitrogens with zero attached hydrogens (tertiary/aromatic N) is 3. The van der Waals surface area contributed by atoms with Crippen molar-refractivity contribution in [1.29, 1.82) is 0 Å². The van der Waals surface area contributed by atoms with Gasteiger partial charge in [0.25, 0.3) is 5.91 Å². The number of rotatable bonds is 5. The molecule has 1 unspecified atom stereocenters. The zero-order chi connectivity index (χ0) is 23.1. The summed E-state index contributed by atoms with van der Waals surface area (Å²) in [5, 5.41) is 6.33. The van der Waals surface area contributed by atoms with Gasteiger partial charge in [-0.05, 0) is 36.8 Å². The van der Waals surface area contributed by atoms with Crippen LogP contribution in [0.4, 0.5) is 18.0 Å². The van der Waals surface area contributed by atoms with E-state index in [0.29, 0.717) is 11.3 Å². The van der Waals surface area contributed by atoms with Gasteiger partial charge < -0.3 is 14.6 Å². The van der Waals surface area contributed by atoms with Gasteiger partial charge in [-0.1, -0.05) is 29.4 Å². The van der Waals surface area contributed by atoms with Crippen LogP contribution >= 0.6 is 0 Å². The summed E-state index contributed by atoms with van der Waals surface area (Å²) in [6, 6.07) is 10.5. The average molecular weight is 446 g/mol. The number of nitrogens with one attached hydrogen (secondary N) is 1. The average Bonchev–Trinajstić information content (AvgIpc) is 3.32. The van der Waals surface area contributed by atoms with Crippen molar-refractivity contribution in [2.75, 3.05) is 7.11 Å². The molecule has 3 amide bonds. The van der Waals surface area contributed by atoms with Gasteiger partial charge in [0.05, 0.1) is 12.7 Å². The molecule has 1 aliphatic heterocycles. The van der Waals surface area contributed by atoms with Crippen molar-refractivity contribution in [3.63, 3.8) is 0 Å². The summed E-state index contributed by atoms with van der Waals surface area (Å²) in [7, 11) is 1.51. The van der Waals surface area contributed by atoms with Crippen LogP contribution in [-0.4, -0.2) is 34.1 Å². The summed E-state index contributed by atoms with van der Waals surface area (Å²) < 4.78 is 49.0. The molecule has 11 heteroatoms. The van der Waals surface area contributed by atoms with Gasteiger partial charge in [-0.15, -0.1) is 0 Å². The molecule has 0 bridgehead atoms. The summed E-state index contributed by atoms with van der Waals surface area (Å²) in [6.07, 6.45) is -4.52. The molecule has 1 saturated heterocycles. The Kier molecular flexibility index (Phi) is 5.11. The number of halogens is 3. The van der Waals surface area contributed by atoms with Crippen LogP contribution in [0.3, 0.4) is 0 Å². The van der Waals surface area contributed by atoms with Crippen LogP contribution in [-0.2, 0) is 23.1 Å².